The molecule has 146 valence electrons. The highest BCUT2D eigenvalue weighted by atomic mass is 32.2. The molecule has 0 saturated heterocycles. The van der Waals surface area contributed by atoms with Gasteiger partial charge in [-0.05, 0) is 67.1 Å². The summed E-state index contributed by atoms with van der Waals surface area (Å²) in [4.78, 5) is -0.0847. The Balaban J connectivity index is 2.12. The molecule has 28 heavy (non-hydrogen) atoms. The van der Waals surface area contributed by atoms with Crippen LogP contribution in [0.4, 0.5) is 14.5 Å². The molecule has 1 atom stereocenters. The van der Waals surface area contributed by atoms with E-state index in [1.807, 2.05) is 0 Å². The first-order valence-corrected chi connectivity index (χ1v) is 9.96. The summed E-state index contributed by atoms with van der Waals surface area (Å²) in [5.74, 6) is -0.465. The van der Waals surface area contributed by atoms with Gasteiger partial charge in [-0.15, -0.1) is 0 Å². The van der Waals surface area contributed by atoms with Gasteiger partial charge in [0.05, 0.1) is 23.7 Å². The zero-order valence-electron chi connectivity index (χ0n) is 15.3. The first-order chi connectivity index (χ1) is 13.3. The van der Waals surface area contributed by atoms with Crippen LogP contribution in [-0.2, 0) is 10.0 Å². The van der Waals surface area contributed by atoms with Gasteiger partial charge in [-0.25, -0.2) is 17.2 Å². The minimum Gasteiger partial charge on any atom is -0.497 e. The quantitative estimate of drug-likeness (QED) is 0.586. The normalized spacial score (nSPS) is 12.4. The van der Waals surface area contributed by atoms with Gasteiger partial charge in [0.1, 0.15) is 17.4 Å². The van der Waals surface area contributed by atoms with Gasteiger partial charge in [0, 0.05) is 0 Å². The highest BCUT2D eigenvalue weighted by molar-refractivity contribution is 7.92. The fourth-order valence-electron chi connectivity index (χ4n) is 2.92. The summed E-state index contributed by atoms with van der Waals surface area (Å²) in [5, 5.41) is 0. The molecule has 0 aliphatic rings. The lowest BCUT2D eigenvalue weighted by Gasteiger charge is -2.31. The van der Waals surface area contributed by atoms with Crippen molar-refractivity contribution in [2.45, 2.75) is 17.9 Å². The van der Waals surface area contributed by atoms with Crippen LogP contribution in [0, 0.1) is 11.6 Å². The zero-order chi connectivity index (χ0) is 20.3. The zero-order valence-corrected chi connectivity index (χ0v) is 16.2. The first kappa shape index (κ1) is 19.8. The van der Waals surface area contributed by atoms with E-state index in [4.69, 9.17) is 4.74 Å². The maximum atomic E-state index is 13.8. The summed E-state index contributed by atoms with van der Waals surface area (Å²) in [7, 11) is -2.54. The van der Waals surface area contributed by atoms with Gasteiger partial charge < -0.3 is 4.74 Å². The topological polar surface area (TPSA) is 46.6 Å². The Morgan fingerprint density at radius 3 is 2.11 bits per heavy atom. The van der Waals surface area contributed by atoms with E-state index in [1.165, 1.54) is 37.4 Å². The second kappa shape index (κ2) is 7.98. The third-order valence-corrected chi connectivity index (χ3v) is 6.30. The maximum Gasteiger partial charge on any atom is 0.264 e. The van der Waals surface area contributed by atoms with Crippen LogP contribution < -0.4 is 9.04 Å². The van der Waals surface area contributed by atoms with E-state index in [2.05, 4.69) is 0 Å². The average Bonchev–Trinajstić information content (AvgIpc) is 2.68. The Bertz CT molecular complexity index is 1050. The summed E-state index contributed by atoms with van der Waals surface area (Å²) in [6.07, 6.45) is 0. The summed E-state index contributed by atoms with van der Waals surface area (Å²) >= 11 is 0. The summed E-state index contributed by atoms with van der Waals surface area (Å²) < 4.78 is 60.1. The fourth-order valence-corrected chi connectivity index (χ4v) is 4.56. The lowest BCUT2D eigenvalue weighted by atomic mass is 10.1. The second-order valence-corrected chi connectivity index (χ2v) is 8.00. The lowest BCUT2D eigenvalue weighted by molar-refractivity contribution is 0.414. The van der Waals surface area contributed by atoms with Gasteiger partial charge in [0.25, 0.3) is 10.0 Å². The highest BCUT2D eigenvalue weighted by Gasteiger charge is 2.30. The number of nitrogens with zero attached hydrogens (tertiary/aromatic N) is 1. The molecule has 3 aromatic rings. The molecule has 0 saturated carbocycles. The smallest absolute Gasteiger partial charge is 0.264 e. The van der Waals surface area contributed by atoms with Crippen LogP contribution in [0.15, 0.2) is 77.7 Å². The van der Waals surface area contributed by atoms with Gasteiger partial charge in [-0.1, -0.05) is 18.2 Å². The van der Waals surface area contributed by atoms with Gasteiger partial charge in [-0.2, -0.15) is 0 Å². The van der Waals surface area contributed by atoms with Crippen molar-refractivity contribution in [2.75, 3.05) is 11.4 Å². The van der Waals surface area contributed by atoms with E-state index >= 15 is 0 Å². The molecule has 0 aliphatic heterocycles. The van der Waals surface area contributed by atoms with Crippen molar-refractivity contribution in [1.29, 1.82) is 0 Å². The lowest BCUT2D eigenvalue weighted by Crippen LogP contribution is -2.33. The van der Waals surface area contributed by atoms with E-state index < -0.39 is 27.7 Å². The van der Waals surface area contributed by atoms with Crippen molar-refractivity contribution in [2.24, 2.45) is 0 Å². The number of hydrogen-bond donors (Lipinski definition) is 0. The van der Waals surface area contributed by atoms with Crippen LogP contribution in [0.3, 0.4) is 0 Å². The third kappa shape index (κ3) is 3.99. The van der Waals surface area contributed by atoms with Crippen molar-refractivity contribution in [1.82, 2.24) is 0 Å². The predicted molar refractivity (Wildman–Crippen MR) is 104 cm³/mol. The largest absolute Gasteiger partial charge is 0.497 e. The second-order valence-electron chi connectivity index (χ2n) is 6.18. The monoisotopic (exact) mass is 403 g/mol. The van der Waals surface area contributed by atoms with E-state index in [9.17, 15) is 17.2 Å². The molecule has 0 bridgehead atoms. The van der Waals surface area contributed by atoms with Crippen molar-refractivity contribution in [3.05, 3.63) is 90.0 Å². The first-order valence-electron chi connectivity index (χ1n) is 8.52. The molecule has 0 radical (unpaired) electrons. The van der Waals surface area contributed by atoms with Gasteiger partial charge in [0.15, 0.2) is 0 Å². The molecule has 0 spiro atoms. The Labute approximate surface area is 163 Å². The van der Waals surface area contributed by atoms with E-state index in [0.29, 0.717) is 11.3 Å². The summed E-state index contributed by atoms with van der Waals surface area (Å²) in [6, 6.07) is 16.2. The Kier molecular flexibility index (Phi) is 5.65. The molecule has 0 fully saturated rings. The van der Waals surface area contributed by atoms with Crippen LogP contribution in [0.25, 0.3) is 0 Å². The molecule has 4 nitrogen and oxygen atoms in total. The highest BCUT2D eigenvalue weighted by Crippen LogP contribution is 2.34. The SMILES string of the molecule is COc1ccc(C(C)N(c2cccc(F)c2)S(=O)(=O)c2ccc(F)cc2)cc1. The van der Waals surface area contributed by atoms with Crippen molar-refractivity contribution in [3.8, 4) is 5.75 Å². The predicted octanol–water partition coefficient (Wildman–Crippen LogP) is 4.93. The Morgan fingerprint density at radius 1 is 0.893 bits per heavy atom. The maximum absolute atomic E-state index is 13.8. The molecule has 0 aromatic heterocycles. The van der Waals surface area contributed by atoms with Gasteiger partial charge >= 0.3 is 0 Å². The van der Waals surface area contributed by atoms with E-state index in [0.717, 1.165) is 22.5 Å². The fraction of sp³-hybridized carbons (Fsp3) is 0.143. The number of hydrogen-bond acceptors (Lipinski definition) is 3. The number of anilines is 1. The number of methoxy groups -OCH3 is 1. The van der Waals surface area contributed by atoms with Crippen LogP contribution in [0.5, 0.6) is 5.75 Å². The molecule has 0 N–H and O–H groups in total. The number of halogens is 2. The molecule has 7 heteroatoms. The number of ether oxygens (including phenoxy) is 1. The molecular formula is C21H19F2NO3S. The third-order valence-electron chi connectivity index (χ3n) is 4.38. The minimum atomic E-state index is -4.08. The molecule has 3 aromatic carbocycles. The van der Waals surface area contributed by atoms with Crippen LogP contribution in [-0.4, -0.2) is 15.5 Å². The van der Waals surface area contributed by atoms with Crippen LogP contribution in [0.1, 0.15) is 18.5 Å². The number of sulfonamides is 1. The van der Waals surface area contributed by atoms with Crippen molar-refractivity contribution in [3.63, 3.8) is 0 Å². The molecule has 0 heterocycles. The van der Waals surface area contributed by atoms with Gasteiger partial charge in [-0.3, -0.25) is 4.31 Å². The average molecular weight is 403 g/mol. The summed E-state index contributed by atoms with van der Waals surface area (Å²) in [5.41, 5.74) is 0.864. The van der Waals surface area contributed by atoms with Crippen molar-refractivity contribution >= 4 is 15.7 Å². The van der Waals surface area contributed by atoms with E-state index in [-0.39, 0.29) is 10.6 Å². The molecule has 1 unspecified atom stereocenters. The number of benzene rings is 3. The molecule has 0 aliphatic carbocycles. The Hall–Kier alpha value is -2.93. The minimum absolute atomic E-state index is 0.0847. The van der Waals surface area contributed by atoms with E-state index in [1.54, 1.807) is 31.2 Å². The molecular weight excluding hydrogens is 384 g/mol. The van der Waals surface area contributed by atoms with Crippen molar-refractivity contribution < 1.29 is 21.9 Å². The molecule has 0 amide bonds. The standard InChI is InChI=1S/C21H19F2NO3S/c1-15(16-6-10-20(27-2)11-7-16)24(19-5-3-4-18(23)14-19)28(25,26)21-12-8-17(22)9-13-21/h3-15H,1-2H3. The molecule has 3 rings (SSSR count). The number of rotatable bonds is 6. The summed E-state index contributed by atoms with van der Waals surface area (Å²) in [6.45, 7) is 1.70. The van der Waals surface area contributed by atoms with Crippen LogP contribution >= 0.6 is 0 Å². The Morgan fingerprint density at radius 2 is 1.54 bits per heavy atom. The van der Waals surface area contributed by atoms with Crippen LogP contribution in [0.2, 0.25) is 0 Å². The van der Waals surface area contributed by atoms with Gasteiger partial charge in [0.2, 0.25) is 0 Å².